The van der Waals surface area contributed by atoms with E-state index in [0.29, 0.717) is 12.8 Å². The normalized spacial score (nSPS) is 17.7. The molecule has 0 heterocycles. The molecule has 0 bridgehead atoms. The molecule has 1 fully saturated rings. The van der Waals surface area contributed by atoms with Crippen LogP contribution in [-0.4, -0.2) is 32.7 Å². The molecule has 6 heteroatoms. The van der Waals surface area contributed by atoms with Crippen LogP contribution in [0.15, 0.2) is 18.2 Å². The molecule has 0 saturated heterocycles. The number of nitrogens with one attached hydrogen (secondary N) is 1. The molecule has 2 rings (SSSR count). The second-order valence-corrected chi connectivity index (χ2v) is 5.46. The molecule has 0 radical (unpaired) electrons. The zero-order valence-electron chi connectivity index (χ0n) is 11.6. The first kappa shape index (κ1) is 15.2. The van der Waals surface area contributed by atoms with E-state index in [0.717, 1.165) is 31.7 Å². The first-order valence-corrected chi connectivity index (χ1v) is 7.02. The Morgan fingerprint density at radius 3 is 2.14 bits per heavy atom. The van der Waals surface area contributed by atoms with Gasteiger partial charge in [0.15, 0.2) is 11.5 Å². The van der Waals surface area contributed by atoms with Crippen LogP contribution in [0.1, 0.15) is 48.9 Å². The third-order valence-electron chi connectivity index (χ3n) is 3.96. The fourth-order valence-electron chi connectivity index (χ4n) is 2.68. The first-order chi connectivity index (χ1) is 9.94. The zero-order chi connectivity index (χ0) is 15.5. The minimum absolute atomic E-state index is 0.121. The van der Waals surface area contributed by atoms with Gasteiger partial charge in [-0.2, -0.15) is 0 Å². The number of aromatic hydroxyl groups is 2. The third kappa shape index (κ3) is 3.26. The summed E-state index contributed by atoms with van der Waals surface area (Å²) >= 11 is 0. The Balaban J connectivity index is 2.21. The number of carbonyl (C=O) groups is 2. The van der Waals surface area contributed by atoms with E-state index in [2.05, 4.69) is 5.32 Å². The van der Waals surface area contributed by atoms with Crippen molar-refractivity contribution in [3.63, 3.8) is 0 Å². The van der Waals surface area contributed by atoms with Gasteiger partial charge in [-0.15, -0.1) is 0 Å². The summed E-state index contributed by atoms with van der Waals surface area (Å²) < 4.78 is 0. The summed E-state index contributed by atoms with van der Waals surface area (Å²) in [5.41, 5.74) is -1.13. The second-order valence-electron chi connectivity index (χ2n) is 5.46. The van der Waals surface area contributed by atoms with Crippen molar-refractivity contribution in [2.45, 2.75) is 44.1 Å². The number of carboxylic acid groups (broad SMARTS) is 1. The molecule has 1 aromatic carbocycles. The highest BCUT2D eigenvalue weighted by molar-refractivity contribution is 5.98. The van der Waals surface area contributed by atoms with E-state index in [1.807, 2.05) is 0 Å². The van der Waals surface area contributed by atoms with Crippen LogP contribution in [0.5, 0.6) is 11.5 Å². The summed E-state index contributed by atoms with van der Waals surface area (Å²) in [5.74, 6) is -2.32. The predicted octanol–water partition coefficient (Wildman–Crippen LogP) is 2.01. The Morgan fingerprint density at radius 2 is 1.62 bits per heavy atom. The second kappa shape index (κ2) is 6.03. The number of hydrogen-bond acceptors (Lipinski definition) is 4. The molecule has 0 atom stereocenters. The van der Waals surface area contributed by atoms with Crippen LogP contribution >= 0.6 is 0 Å². The lowest BCUT2D eigenvalue weighted by molar-refractivity contribution is -0.145. The molecular weight excluding hydrogens is 274 g/mol. The van der Waals surface area contributed by atoms with E-state index in [4.69, 9.17) is 0 Å². The molecule has 21 heavy (non-hydrogen) atoms. The first-order valence-electron chi connectivity index (χ1n) is 7.02. The van der Waals surface area contributed by atoms with Crippen LogP contribution in [0.25, 0.3) is 0 Å². The fraction of sp³-hybridized carbons (Fsp3) is 0.467. The Hall–Kier alpha value is -2.24. The van der Waals surface area contributed by atoms with Gasteiger partial charge in [0.1, 0.15) is 5.54 Å². The zero-order valence-corrected chi connectivity index (χ0v) is 11.6. The number of amides is 1. The molecule has 114 valence electrons. The van der Waals surface area contributed by atoms with Crippen LogP contribution in [0.3, 0.4) is 0 Å². The Bertz CT molecular complexity index is 547. The van der Waals surface area contributed by atoms with Gasteiger partial charge in [0.05, 0.1) is 0 Å². The van der Waals surface area contributed by atoms with Crippen molar-refractivity contribution in [1.29, 1.82) is 0 Å². The van der Waals surface area contributed by atoms with Gasteiger partial charge in [0, 0.05) is 5.56 Å². The number of phenolic OH excluding ortho intramolecular Hbond substituents is 2. The van der Waals surface area contributed by atoms with Gasteiger partial charge in [-0.05, 0) is 31.0 Å². The maximum Gasteiger partial charge on any atom is 0.329 e. The van der Waals surface area contributed by atoms with Gasteiger partial charge >= 0.3 is 5.97 Å². The summed E-state index contributed by atoms with van der Waals surface area (Å²) in [4.78, 5) is 23.8. The summed E-state index contributed by atoms with van der Waals surface area (Å²) in [7, 11) is 0. The smallest absolute Gasteiger partial charge is 0.329 e. The predicted molar refractivity (Wildman–Crippen MR) is 75.3 cm³/mol. The summed E-state index contributed by atoms with van der Waals surface area (Å²) in [6.07, 6.45) is 4.24. The molecule has 1 saturated carbocycles. The van der Waals surface area contributed by atoms with Crippen molar-refractivity contribution in [1.82, 2.24) is 5.32 Å². The van der Waals surface area contributed by atoms with Crippen LogP contribution < -0.4 is 5.32 Å². The lowest BCUT2D eigenvalue weighted by atomic mass is 9.90. The molecule has 0 aromatic heterocycles. The average Bonchev–Trinajstić information content (AvgIpc) is 2.68. The Kier molecular flexibility index (Phi) is 4.35. The van der Waals surface area contributed by atoms with Crippen LogP contribution in [0.2, 0.25) is 0 Å². The van der Waals surface area contributed by atoms with Gasteiger partial charge in [-0.25, -0.2) is 4.79 Å². The van der Waals surface area contributed by atoms with Crippen LogP contribution in [0.4, 0.5) is 0 Å². The minimum atomic E-state index is -1.25. The van der Waals surface area contributed by atoms with E-state index in [1.165, 1.54) is 12.1 Å². The molecule has 1 amide bonds. The monoisotopic (exact) mass is 293 g/mol. The number of rotatable bonds is 3. The molecule has 6 nitrogen and oxygen atoms in total. The SMILES string of the molecule is O=C(NC1(C(=O)O)CCCCCC1)c1ccc(O)c(O)c1. The Morgan fingerprint density at radius 1 is 1.00 bits per heavy atom. The number of hydrogen-bond donors (Lipinski definition) is 4. The highest BCUT2D eigenvalue weighted by atomic mass is 16.4. The number of benzene rings is 1. The number of carbonyl (C=O) groups excluding carboxylic acids is 1. The lowest BCUT2D eigenvalue weighted by Gasteiger charge is -2.29. The van der Waals surface area contributed by atoms with Crippen molar-refractivity contribution in [2.24, 2.45) is 0 Å². The number of aliphatic carboxylic acids is 1. The largest absolute Gasteiger partial charge is 0.504 e. The van der Waals surface area contributed by atoms with Gasteiger partial charge < -0.3 is 20.6 Å². The van der Waals surface area contributed by atoms with Gasteiger partial charge in [-0.1, -0.05) is 25.7 Å². The van der Waals surface area contributed by atoms with Crippen molar-refractivity contribution < 1.29 is 24.9 Å². The fourth-order valence-corrected chi connectivity index (χ4v) is 2.68. The topological polar surface area (TPSA) is 107 Å². The molecule has 0 spiro atoms. The molecule has 1 aliphatic rings. The Labute approximate surface area is 122 Å². The maximum atomic E-state index is 12.2. The highest BCUT2D eigenvalue weighted by Crippen LogP contribution is 2.29. The van der Waals surface area contributed by atoms with Crippen LogP contribution in [-0.2, 0) is 4.79 Å². The van der Waals surface area contributed by atoms with Crippen molar-refractivity contribution in [3.8, 4) is 11.5 Å². The quantitative estimate of drug-likeness (QED) is 0.504. The standard InChI is InChI=1S/C15H19NO5/c17-11-6-5-10(9-12(11)18)13(19)16-15(14(20)21)7-3-1-2-4-8-15/h5-6,9,17-18H,1-4,7-8H2,(H,16,19)(H,20,21). The lowest BCUT2D eigenvalue weighted by Crippen LogP contribution is -2.54. The molecule has 0 aliphatic heterocycles. The average molecular weight is 293 g/mol. The van der Waals surface area contributed by atoms with Crippen molar-refractivity contribution in [2.75, 3.05) is 0 Å². The summed E-state index contributed by atoms with van der Waals surface area (Å²) in [6, 6.07) is 3.67. The van der Waals surface area contributed by atoms with Gasteiger partial charge in [0.2, 0.25) is 0 Å². The van der Waals surface area contributed by atoms with E-state index in [9.17, 15) is 24.9 Å². The van der Waals surface area contributed by atoms with Crippen molar-refractivity contribution in [3.05, 3.63) is 23.8 Å². The van der Waals surface area contributed by atoms with Crippen LogP contribution in [0, 0.1) is 0 Å². The number of carboxylic acids is 1. The van der Waals surface area contributed by atoms with E-state index < -0.39 is 23.2 Å². The molecular formula is C15H19NO5. The summed E-state index contributed by atoms with van der Waals surface area (Å²) in [5, 5.41) is 30.8. The van der Waals surface area contributed by atoms with E-state index >= 15 is 0 Å². The van der Waals surface area contributed by atoms with Gasteiger partial charge in [0.25, 0.3) is 5.91 Å². The van der Waals surface area contributed by atoms with Crippen molar-refractivity contribution >= 4 is 11.9 Å². The third-order valence-corrected chi connectivity index (χ3v) is 3.96. The highest BCUT2D eigenvalue weighted by Gasteiger charge is 2.40. The number of phenols is 2. The van der Waals surface area contributed by atoms with E-state index in [-0.39, 0.29) is 11.3 Å². The molecule has 1 aliphatic carbocycles. The molecule has 4 N–H and O–H groups in total. The summed E-state index contributed by atoms with van der Waals surface area (Å²) in [6.45, 7) is 0. The molecule has 0 unspecified atom stereocenters. The molecule has 1 aromatic rings. The minimum Gasteiger partial charge on any atom is -0.504 e. The maximum absolute atomic E-state index is 12.2. The van der Waals surface area contributed by atoms with Gasteiger partial charge in [-0.3, -0.25) is 4.79 Å². The van der Waals surface area contributed by atoms with E-state index in [1.54, 1.807) is 0 Å².